The van der Waals surface area contributed by atoms with Crippen LogP contribution in [0.25, 0.3) is 0 Å². The maximum absolute atomic E-state index is 5.77. The highest BCUT2D eigenvalue weighted by atomic mass is 79.9. The van der Waals surface area contributed by atoms with Gasteiger partial charge in [-0.2, -0.15) is 0 Å². The molecule has 1 heterocycles. The average Bonchev–Trinajstić information content (AvgIpc) is 2.78. The van der Waals surface area contributed by atoms with Crippen LogP contribution in [0.4, 0.5) is 0 Å². The summed E-state index contributed by atoms with van der Waals surface area (Å²) in [4.78, 5) is 6.69. The van der Waals surface area contributed by atoms with E-state index in [-0.39, 0.29) is 6.10 Å². The van der Waals surface area contributed by atoms with Crippen molar-refractivity contribution in [1.82, 2.24) is 0 Å². The molecule has 0 saturated carbocycles. The van der Waals surface area contributed by atoms with Gasteiger partial charge in [0.25, 0.3) is 0 Å². The second-order valence-electron chi connectivity index (χ2n) is 4.05. The van der Waals surface area contributed by atoms with Crippen molar-refractivity contribution in [2.75, 3.05) is 12.9 Å². The van der Waals surface area contributed by atoms with Crippen molar-refractivity contribution in [3.05, 3.63) is 22.2 Å². The molecule has 18 heavy (non-hydrogen) atoms. The number of benzene rings is 1. The first-order valence-electron chi connectivity index (χ1n) is 5.85. The fourth-order valence-electron chi connectivity index (χ4n) is 1.98. The number of oxime groups is 1. The number of rotatable bonds is 4. The van der Waals surface area contributed by atoms with Crippen molar-refractivity contribution in [3.8, 4) is 5.75 Å². The molecular formula is C13H16BrNO2S. The molecule has 0 amide bonds. The molecule has 0 saturated heterocycles. The summed E-state index contributed by atoms with van der Waals surface area (Å²) >= 11 is 5.25. The third kappa shape index (κ3) is 2.67. The molecule has 0 N–H and O–H groups in total. The maximum Gasteiger partial charge on any atom is 0.162 e. The quantitative estimate of drug-likeness (QED) is 0.767. The zero-order valence-electron chi connectivity index (χ0n) is 10.7. The molecule has 1 aromatic carbocycles. The summed E-state index contributed by atoms with van der Waals surface area (Å²) in [5.41, 5.74) is 2.12. The summed E-state index contributed by atoms with van der Waals surface area (Å²) in [6.45, 7) is 4.60. The lowest BCUT2D eigenvalue weighted by Gasteiger charge is -2.19. The predicted molar refractivity (Wildman–Crippen MR) is 78.6 cm³/mol. The number of hydrogen-bond acceptors (Lipinski definition) is 4. The predicted octanol–water partition coefficient (Wildman–Crippen LogP) is 4.41. The van der Waals surface area contributed by atoms with Gasteiger partial charge in [0.2, 0.25) is 0 Å². The van der Waals surface area contributed by atoms with Crippen LogP contribution < -0.4 is 4.74 Å². The number of halogens is 1. The van der Waals surface area contributed by atoms with Crippen LogP contribution >= 0.6 is 27.7 Å². The van der Waals surface area contributed by atoms with E-state index in [0.29, 0.717) is 6.61 Å². The lowest BCUT2D eigenvalue weighted by Crippen LogP contribution is -2.05. The second-order valence-corrected chi connectivity index (χ2v) is 5.75. The summed E-state index contributed by atoms with van der Waals surface area (Å²) in [7, 11) is 0. The molecule has 0 aromatic heterocycles. The van der Waals surface area contributed by atoms with Crippen molar-refractivity contribution in [1.29, 1.82) is 0 Å². The van der Waals surface area contributed by atoms with E-state index in [1.165, 1.54) is 4.90 Å². The monoisotopic (exact) mass is 329 g/mol. The lowest BCUT2D eigenvalue weighted by atomic mass is 10.0. The maximum atomic E-state index is 5.77. The summed E-state index contributed by atoms with van der Waals surface area (Å²) in [6.07, 6.45) is 2.85. The van der Waals surface area contributed by atoms with E-state index in [1.54, 1.807) is 11.8 Å². The Morgan fingerprint density at radius 2 is 2.33 bits per heavy atom. The molecule has 1 aromatic rings. The van der Waals surface area contributed by atoms with Gasteiger partial charge in [-0.1, -0.05) is 5.16 Å². The van der Waals surface area contributed by atoms with Crippen molar-refractivity contribution in [3.63, 3.8) is 0 Å². The molecule has 1 aliphatic heterocycles. The van der Waals surface area contributed by atoms with E-state index >= 15 is 0 Å². The highest BCUT2D eigenvalue weighted by Gasteiger charge is 2.27. The zero-order chi connectivity index (χ0) is 13.1. The first-order valence-corrected chi connectivity index (χ1v) is 7.87. The Morgan fingerprint density at radius 1 is 1.56 bits per heavy atom. The molecule has 0 aliphatic carbocycles. The Balaban J connectivity index is 2.44. The number of ether oxygens (including phenoxy) is 1. The average molecular weight is 330 g/mol. The number of thioether (sulfide) groups is 1. The van der Waals surface area contributed by atoms with Gasteiger partial charge < -0.3 is 9.57 Å². The van der Waals surface area contributed by atoms with Gasteiger partial charge in [0.15, 0.2) is 6.10 Å². The van der Waals surface area contributed by atoms with E-state index in [2.05, 4.69) is 33.4 Å². The number of hydrogen-bond donors (Lipinski definition) is 0. The molecule has 2 rings (SSSR count). The van der Waals surface area contributed by atoms with Crippen LogP contribution in [-0.4, -0.2) is 18.6 Å². The van der Waals surface area contributed by atoms with Gasteiger partial charge in [-0.15, -0.1) is 11.8 Å². The fourth-order valence-corrected chi connectivity index (χ4v) is 3.09. The summed E-state index contributed by atoms with van der Waals surface area (Å²) in [5, 5.41) is 4.04. The van der Waals surface area contributed by atoms with Gasteiger partial charge in [0.1, 0.15) is 5.75 Å². The molecule has 0 radical (unpaired) electrons. The Labute approximate surface area is 120 Å². The molecule has 1 aliphatic rings. The van der Waals surface area contributed by atoms with Gasteiger partial charge in [0, 0.05) is 11.3 Å². The summed E-state index contributed by atoms with van der Waals surface area (Å²) in [6, 6.07) is 4.10. The minimum atomic E-state index is -0.0356. The van der Waals surface area contributed by atoms with Crippen LogP contribution in [-0.2, 0) is 4.84 Å². The van der Waals surface area contributed by atoms with E-state index < -0.39 is 0 Å². The van der Waals surface area contributed by atoms with Gasteiger partial charge in [-0.25, -0.2) is 0 Å². The van der Waals surface area contributed by atoms with Crippen LogP contribution in [0.3, 0.4) is 0 Å². The van der Waals surface area contributed by atoms with E-state index in [1.807, 2.05) is 19.9 Å². The Hall–Kier alpha value is -0.680. The van der Waals surface area contributed by atoms with Crippen molar-refractivity contribution < 1.29 is 9.57 Å². The zero-order valence-corrected chi connectivity index (χ0v) is 13.1. The normalized spacial score (nSPS) is 18.4. The van der Waals surface area contributed by atoms with Crippen LogP contribution in [0.15, 0.2) is 26.7 Å². The Bertz CT molecular complexity index is 476. The minimum absolute atomic E-state index is 0.0356. The topological polar surface area (TPSA) is 30.8 Å². The van der Waals surface area contributed by atoms with Gasteiger partial charge >= 0.3 is 0 Å². The minimum Gasteiger partial charge on any atom is -0.492 e. The SMILES string of the molecule is CCOc1c(Br)ccc(SC)c1C1CC(C)=NO1. The number of nitrogens with zero attached hydrogens (tertiary/aromatic N) is 1. The first kappa shape index (κ1) is 13.7. The molecule has 0 bridgehead atoms. The van der Waals surface area contributed by atoms with Crippen LogP contribution in [0.2, 0.25) is 0 Å². The van der Waals surface area contributed by atoms with Crippen molar-refractivity contribution in [2.24, 2.45) is 5.16 Å². The third-order valence-electron chi connectivity index (χ3n) is 2.76. The van der Waals surface area contributed by atoms with Crippen molar-refractivity contribution >= 4 is 33.4 Å². The molecule has 5 heteroatoms. The van der Waals surface area contributed by atoms with E-state index in [9.17, 15) is 0 Å². The van der Waals surface area contributed by atoms with Crippen LogP contribution in [0, 0.1) is 0 Å². The van der Waals surface area contributed by atoms with Crippen LogP contribution in [0.5, 0.6) is 5.75 Å². The Morgan fingerprint density at radius 3 is 2.89 bits per heavy atom. The largest absolute Gasteiger partial charge is 0.492 e. The molecule has 1 unspecified atom stereocenters. The van der Waals surface area contributed by atoms with Gasteiger partial charge in [-0.3, -0.25) is 0 Å². The van der Waals surface area contributed by atoms with Crippen molar-refractivity contribution in [2.45, 2.75) is 31.3 Å². The molecule has 1 atom stereocenters. The summed E-state index contributed by atoms with van der Waals surface area (Å²) in [5.74, 6) is 0.874. The standard InChI is InChI=1S/C13H16BrNO2S/c1-4-16-13-9(14)5-6-11(18-3)12(13)10-7-8(2)15-17-10/h5-6,10H,4,7H2,1-3H3. The molecule has 0 spiro atoms. The van der Waals surface area contributed by atoms with E-state index in [0.717, 1.165) is 27.9 Å². The highest BCUT2D eigenvalue weighted by Crippen LogP contribution is 2.43. The first-order chi connectivity index (χ1) is 8.67. The van der Waals surface area contributed by atoms with Gasteiger partial charge in [-0.05, 0) is 48.2 Å². The smallest absolute Gasteiger partial charge is 0.162 e. The third-order valence-corrected chi connectivity index (χ3v) is 4.18. The lowest BCUT2D eigenvalue weighted by molar-refractivity contribution is 0.0810. The molecule has 98 valence electrons. The van der Waals surface area contributed by atoms with Gasteiger partial charge in [0.05, 0.1) is 22.4 Å². The van der Waals surface area contributed by atoms with Crippen LogP contribution in [0.1, 0.15) is 31.9 Å². The van der Waals surface area contributed by atoms with E-state index in [4.69, 9.17) is 9.57 Å². The second kappa shape index (κ2) is 5.97. The highest BCUT2D eigenvalue weighted by molar-refractivity contribution is 9.10. The molecular weight excluding hydrogens is 314 g/mol. The Kier molecular flexibility index (Phi) is 4.56. The summed E-state index contributed by atoms with van der Waals surface area (Å²) < 4.78 is 6.73. The molecule has 3 nitrogen and oxygen atoms in total. The fraction of sp³-hybridized carbons (Fsp3) is 0.462. The molecule has 0 fully saturated rings.